The second-order valence-electron chi connectivity index (χ2n) is 3.70. The quantitative estimate of drug-likeness (QED) is 0.541. The molecule has 0 N–H and O–H groups in total. The number of ketones is 1. The minimum atomic E-state index is -0.587. The Morgan fingerprint density at radius 1 is 1.60 bits per heavy atom. The minimum absolute atomic E-state index is 0.0677. The number of rotatable bonds is 1. The van der Waals surface area contributed by atoms with E-state index in [4.69, 9.17) is 0 Å². The van der Waals surface area contributed by atoms with Crippen molar-refractivity contribution in [3.05, 3.63) is 21.4 Å². The van der Waals surface area contributed by atoms with Crippen LogP contribution in [0.3, 0.4) is 0 Å². The summed E-state index contributed by atoms with van der Waals surface area (Å²) in [7, 11) is 1.33. The fourth-order valence-electron chi connectivity index (χ4n) is 1.96. The van der Waals surface area contributed by atoms with Crippen LogP contribution in [-0.4, -0.2) is 18.9 Å². The summed E-state index contributed by atoms with van der Waals surface area (Å²) in [5.74, 6) is -1.06. The maximum atomic E-state index is 12.0. The molecule has 1 aromatic heterocycles. The number of hydrogen-bond acceptors (Lipinski definition) is 4. The Morgan fingerprint density at radius 2 is 2.33 bits per heavy atom. The predicted octanol–water partition coefficient (Wildman–Crippen LogP) is 1.97. The van der Waals surface area contributed by atoms with E-state index >= 15 is 0 Å². The SMILES string of the molecule is COC(=O)C1CCc2scc(C)c2C1=O. The summed E-state index contributed by atoms with van der Waals surface area (Å²) in [5, 5.41) is 1.97. The molecule has 0 fully saturated rings. The number of fused-ring (bicyclic) bond motifs is 1. The molecule has 15 heavy (non-hydrogen) atoms. The molecule has 1 heterocycles. The van der Waals surface area contributed by atoms with Gasteiger partial charge in [-0.25, -0.2) is 0 Å². The Balaban J connectivity index is 2.37. The highest BCUT2D eigenvalue weighted by Crippen LogP contribution is 2.32. The smallest absolute Gasteiger partial charge is 0.316 e. The van der Waals surface area contributed by atoms with Gasteiger partial charge in [0.05, 0.1) is 7.11 Å². The average molecular weight is 224 g/mol. The molecule has 1 unspecified atom stereocenters. The number of ether oxygens (including phenoxy) is 1. The van der Waals surface area contributed by atoms with E-state index in [9.17, 15) is 9.59 Å². The molecule has 4 heteroatoms. The lowest BCUT2D eigenvalue weighted by Gasteiger charge is -2.19. The molecule has 3 nitrogen and oxygen atoms in total. The van der Waals surface area contributed by atoms with Crippen molar-refractivity contribution < 1.29 is 14.3 Å². The molecule has 2 rings (SSSR count). The van der Waals surface area contributed by atoms with E-state index in [0.29, 0.717) is 6.42 Å². The number of esters is 1. The Morgan fingerprint density at radius 3 is 3.00 bits per heavy atom. The topological polar surface area (TPSA) is 43.4 Å². The summed E-state index contributed by atoms with van der Waals surface area (Å²) in [4.78, 5) is 24.5. The van der Waals surface area contributed by atoms with E-state index in [1.165, 1.54) is 7.11 Å². The Hall–Kier alpha value is -1.16. The van der Waals surface area contributed by atoms with Crippen LogP contribution in [0.4, 0.5) is 0 Å². The van der Waals surface area contributed by atoms with E-state index in [1.54, 1.807) is 11.3 Å². The Kier molecular flexibility index (Phi) is 2.61. The highest BCUT2D eigenvalue weighted by Gasteiger charge is 2.35. The molecule has 0 amide bonds. The first-order valence-electron chi connectivity index (χ1n) is 4.84. The van der Waals surface area contributed by atoms with Crippen molar-refractivity contribution in [2.24, 2.45) is 5.92 Å². The normalized spacial score (nSPS) is 19.9. The van der Waals surface area contributed by atoms with Gasteiger partial charge in [0.15, 0.2) is 5.78 Å². The molecule has 0 radical (unpaired) electrons. The van der Waals surface area contributed by atoms with Gasteiger partial charge in [0.1, 0.15) is 5.92 Å². The van der Waals surface area contributed by atoms with Crippen LogP contribution in [0.2, 0.25) is 0 Å². The van der Waals surface area contributed by atoms with E-state index in [2.05, 4.69) is 4.74 Å². The van der Waals surface area contributed by atoms with E-state index in [0.717, 1.165) is 22.4 Å². The van der Waals surface area contributed by atoms with Gasteiger partial charge in [0.2, 0.25) is 0 Å². The van der Waals surface area contributed by atoms with E-state index in [-0.39, 0.29) is 5.78 Å². The first kappa shape index (κ1) is 10.4. The van der Waals surface area contributed by atoms with Crippen LogP contribution in [0.25, 0.3) is 0 Å². The first-order valence-corrected chi connectivity index (χ1v) is 5.72. The second kappa shape index (κ2) is 3.77. The third-order valence-corrected chi connectivity index (χ3v) is 3.92. The second-order valence-corrected chi connectivity index (χ2v) is 4.66. The number of methoxy groups -OCH3 is 1. The number of thiophene rings is 1. The van der Waals surface area contributed by atoms with Crippen LogP contribution in [0.5, 0.6) is 0 Å². The van der Waals surface area contributed by atoms with Gasteiger partial charge in [-0.1, -0.05) is 0 Å². The van der Waals surface area contributed by atoms with Crippen molar-refractivity contribution in [2.75, 3.05) is 7.11 Å². The molecule has 1 atom stereocenters. The molecule has 1 aliphatic rings. The summed E-state index contributed by atoms with van der Waals surface area (Å²) < 4.78 is 4.64. The monoisotopic (exact) mass is 224 g/mol. The fraction of sp³-hybridized carbons (Fsp3) is 0.455. The molecule has 0 aromatic carbocycles. The minimum Gasteiger partial charge on any atom is -0.468 e. The lowest BCUT2D eigenvalue weighted by molar-refractivity contribution is -0.143. The number of hydrogen-bond donors (Lipinski definition) is 0. The zero-order valence-corrected chi connectivity index (χ0v) is 9.52. The Labute approximate surface area is 92.1 Å². The molecule has 1 aromatic rings. The van der Waals surface area contributed by atoms with Crippen LogP contribution in [0.1, 0.15) is 27.2 Å². The van der Waals surface area contributed by atoms with Crippen LogP contribution < -0.4 is 0 Å². The fourth-order valence-corrected chi connectivity index (χ4v) is 3.01. The van der Waals surface area contributed by atoms with Crippen molar-refractivity contribution in [2.45, 2.75) is 19.8 Å². The van der Waals surface area contributed by atoms with Gasteiger partial charge in [-0.05, 0) is 30.7 Å². The predicted molar refractivity (Wildman–Crippen MR) is 57.2 cm³/mol. The summed E-state index contributed by atoms with van der Waals surface area (Å²) in [6.07, 6.45) is 1.39. The Bertz CT molecular complexity index is 419. The van der Waals surface area contributed by atoms with Crippen molar-refractivity contribution in [3.63, 3.8) is 0 Å². The average Bonchev–Trinajstić information content (AvgIpc) is 2.61. The lowest BCUT2D eigenvalue weighted by Crippen LogP contribution is -2.29. The largest absolute Gasteiger partial charge is 0.468 e. The standard InChI is InChI=1S/C11H12O3S/c1-6-5-15-8-4-3-7(11(13)14-2)10(12)9(6)8/h5,7H,3-4H2,1-2H3. The molecule has 0 aliphatic heterocycles. The van der Waals surface area contributed by atoms with Gasteiger partial charge in [-0.15, -0.1) is 11.3 Å². The van der Waals surface area contributed by atoms with Crippen LogP contribution in [-0.2, 0) is 16.0 Å². The molecule has 0 spiro atoms. The third-order valence-electron chi connectivity index (χ3n) is 2.76. The summed E-state index contributed by atoms with van der Waals surface area (Å²) >= 11 is 1.60. The molecular formula is C11H12O3S. The maximum Gasteiger partial charge on any atom is 0.316 e. The first-order chi connectivity index (χ1) is 7.15. The summed E-state index contributed by atoms with van der Waals surface area (Å²) in [6.45, 7) is 1.91. The zero-order valence-electron chi connectivity index (χ0n) is 8.70. The summed E-state index contributed by atoms with van der Waals surface area (Å²) in [5.41, 5.74) is 1.73. The highest BCUT2D eigenvalue weighted by molar-refractivity contribution is 7.10. The van der Waals surface area contributed by atoms with Gasteiger partial charge in [0.25, 0.3) is 0 Å². The van der Waals surface area contributed by atoms with E-state index in [1.807, 2.05) is 12.3 Å². The molecule has 1 aliphatic carbocycles. The van der Waals surface area contributed by atoms with Crippen molar-refractivity contribution >= 4 is 23.1 Å². The molecule has 0 bridgehead atoms. The third kappa shape index (κ3) is 1.59. The molecule has 0 saturated heterocycles. The maximum absolute atomic E-state index is 12.0. The van der Waals surface area contributed by atoms with Crippen LogP contribution in [0.15, 0.2) is 5.38 Å². The van der Waals surface area contributed by atoms with Crippen molar-refractivity contribution in [1.82, 2.24) is 0 Å². The van der Waals surface area contributed by atoms with Gasteiger partial charge in [0, 0.05) is 10.4 Å². The van der Waals surface area contributed by atoms with Gasteiger partial charge < -0.3 is 4.74 Å². The number of carbonyl (C=O) groups is 2. The lowest BCUT2D eigenvalue weighted by atomic mass is 9.85. The van der Waals surface area contributed by atoms with Crippen molar-refractivity contribution in [3.8, 4) is 0 Å². The number of Topliss-reactive ketones (excluding diaryl/α,β-unsaturated/α-hetero) is 1. The van der Waals surface area contributed by atoms with Crippen LogP contribution >= 0.6 is 11.3 Å². The van der Waals surface area contributed by atoms with Gasteiger partial charge in [-0.3, -0.25) is 9.59 Å². The van der Waals surface area contributed by atoms with Crippen molar-refractivity contribution in [1.29, 1.82) is 0 Å². The molecule has 0 saturated carbocycles. The highest BCUT2D eigenvalue weighted by atomic mass is 32.1. The van der Waals surface area contributed by atoms with Gasteiger partial charge in [-0.2, -0.15) is 0 Å². The zero-order chi connectivity index (χ0) is 11.0. The number of carbonyl (C=O) groups excluding carboxylic acids is 2. The van der Waals surface area contributed by atoms with Crippen LogP contribution in [0, 0.1) is 12.8 Å². The molecular weight excluding hydrogens is 212 g/mol. The number of aryl methyl sites for hydroxylation is 2. The van der Waals surface area contributed by atoms with E-state index < -0.39 is 11.9 Å². The summed E-state index contributed by atoms with van der Waals surface area (Å²) in [6, 6.07) is 0. The van der Waals surface area contributed by atoms with Gasteiger partial charge >= 0.3 is 5.97 Å². The molecule has 80 valence electrons.